The molecule has 0 N–H and O–H groups in total. The molecule has 1 aliphatic rings. The van der Waals surface area contributed by atoms with E-state index in [1.165, 1.54) is 12.0 Å². The Labute approximate surface area is 78.1 Å². The SMILES string of the molecule is Cc1ccc(F)c(C2=CCCC2)c1. The van der Waals surface area contributed by atoms with Crippen molar-refractivity contribution in [1.29, 1.82) is 0 Å². The van der Waals surface area contributed by atoms with Crippen molar-refractivity contribution >= 4 is 5.57 Å². The summed E-state index contributed by atoms with van der Waals surface area (Å²) >= 11 is 0. The van der Waals surface area contributed by atoms with Gasteiger partial charge < -0.3 is 0 Å². The zero-order valence-electron chi connectivity index (χ0n) is 7.81. The molecule has 0 unspecified atom stereocenters. The lowest BCUT2D eigenvalue weighted by Crippen LogP contribution is -1.88. The Balaban J connectivity index is 2.43. The third-order valence-corrected chi connectivity index (χ3v) is 2.51. The van der Waals surface area contributed by atoms with Crippen LogP contribution in [0.3, 0.4) is 0 Å². The second-order valence-corrected chi connectivity index (χ2v) is 3.60. The van der Waals surface area contributed by atoms with Crippen LogP contribution in [0.15, 0.2) is 24.3 Å². The summed E-state index contributed by atoms with van der Waals surface area (Å²) < 4.78 is 13.4. The van der Waals surface area contributed by atoms with Crippen LogP contribution in [0.1, 0.15) is 30.4 Å². The zero-order valence-corrected chi connectivity index (χ0v) is 7.81. The molecule has 1 aromatic carbocycles. The molecule has 0 atom stereocenters. The van der Waals surface area contributed by atoms with Crippen LogP contribution in [0.5, 0.6) is 0 Å². The van der Waals surface area contributed by atoms with Gasteiger partial charge in [-0.1, -0.05) is 17.7 Å². The van der Waals surface area contributed by atoms with Crippen molar-refractivity contribution in [3.8, 4) is 0 Å². The molecular formula is C12H13F. The van der Waals surface area contributed by atoms with Crippen LogP contribution in [0, 0.1) is 12.7 Å². The molecule has 0 fully saturated rings. The molecule has 0 saturated carbocycles. The number of aryl methyl sites for hydroxylation is 1. The summed E-state index contributed by atoms with van der Waals surface area (Å²) in [6, 6.07) is 5.31. The molecule has 0 heterocycles. The highest BCUT2D eigenvalue weighted by Crippen LogP contribution is 2.29. The van der Waals surface area contributed by atoms with E-state index in [0.29, 0.717) is 0 Å². The van der Waals surface area contributed by atoms with Crippen LogP contribution >= 0.6 is 0 Å². The molecule has 0 saturated heterocycles. The van der Waals surface area contributed by atoms with Crippen LogP contribution < -0.4 is 0 Å². The van der Waals surface area contributed by atoms with Crippen LogP contribution in [-0.2, 0) is 0 Å². The number of hydrogen-bond acceptors (Lipinski definition) is 0. The van der Waals surface area contributed by atoms with Gasteiger partial charge >= 0.3 is 0 Å². The normalized spacial score (nSPS) is 16.0. The van der Waals surface area contributed by atoms with Gasteiger partial charge in [-0.15, -0.1) is 0 Å². The van der Waals surface area contributed by atoms with Gasteiger partial charge in [0, 0.05) is 5.56 Å². The number of benzene rings is 1. The minimum absolute atomic E-state index is 0.0845. The quantitative estimate of drug-likeness (QED) is 0.612. The third kappa shape index (κ3) is 1.64. The van der Waals surface area contributed by atoms with Crippen molar-refractivity contribution in [2.75, 3.05) is 0 Å². The summed E-state index contributed by atoms with van der Waals surface area (Å²) in [4.78, 5) is 0. The second kappa shape index (κ2) is 3.33. The summed E-state index contributed by atoms with van der Waals surface area (Å²) in [5.41, 5.74) is 3.11. The first-order chi connectivity index (χ1) is 6.27. The fraction of sp³-hybridized carbons (Fsp3) is 0.333. The summed E-state index contributed by atoms with van der Waals surface area (Å²) in [6.45, 7) is 2.00. The first-order valence-electron chi connectivity index (χ1n) is 4.73. The fourth-order valence-corrected chi connectivity index (χ4v) is 1.80. The Morgan fingerprint density at radius 3 is 2.85 bits per heavy atom. The van der Waals surface area contributed by atoms with Gasteiger partial charge in [0.2, 0.25) is 0 Å². The Hall–Kier alpha value is -1.11. The molecule has 0 aliphatic heterocycles. The highest BCUT2D eigenvalue weighted by atomic mass is 19.1. The summed E-state index contributed by atoms with van der Waals surface area (Å²) in [7, 11) is 0. The van der Waals surface area contributed by atoms with E-state index in [1.807, 2.05) is 19.1 Å². The van der Waals surface area contributed by atoms with E-state index in [4.69, 9.17) is 0 Å². The molecule has 68 valence electrons. The maximum atomic E-state index is 13.4. The van der Waals surface area contributed by atoms with Crippen LogP contribution in [-0.4, -0.2) is 0 Å². The highest BCUT2D eigenvalue weighted by Gasteiger charge is 2.11. The molecule has 0 aromatic heterocycles. The minimum atomic E-state index is -0.0845. The molecule has 0 amide bonds. The first-order valence-corrected chi connectivity index (χ1v) is 4.73. The molecule has 0 spiro atoms. The van der Waals surface area contributed by atoms with Crippen molar-refractivity contribution < 1.29 is 4.39 Å². The summed E-state index contributed by atoms with van der Waals surface area (Å²) in [6.07, 6.45) is 5.45. The van der Waals surface area contributed by atoms with Crippen molar-refractivity contribution in [3.63, 3.8) is 0 Å². The van der Waals surface area contributed by atoms with Gasteiger partial charge in [0.25, 0.3) is 0 Å². The molecule has 0 bridgehead atoms. The van der Waals surface area contributed by atoms with Crippen molar-refractivity contribution in [3.05, 3.63) is 41.2 Å². The standard InChI is InChI=1S/C12H13F/c1-9-6-7-12(13)11(8-9)10-4-2-3-5-10/h4,6-8H,2-3,5H2,1H3. The summed E-state index contributed by atoms with van der Waals surface area (Å²) in [5.74, 6) is -0.0845. The maximum Gasteiger partial charge on any atom is 0.130 e. The van der Waals surface area contributed by atoms with Crippen LogP contribution in [0.4, 0.5) is 4.39 Å². The second-order valence-electron chi connectivity index (χ2n) is 3.60. The van der Waals surface area contributed by atoms with Crippen LogP contribution in [0.2, 0.25) is 0 Å². The van der Waals surface area contributed by atoms with Gasteiger partial charge in [0.15, 0.2) is 0 Å². The Morgan fingerprint density at radius 1 is 1.31 bits per heavy atom. The third-order valence-electron chi connectivity index (χ3n) is 2.51. The summed E-state index contributed by atoms with van der Waals surface area (Å²) in [5, 5.41) is 0. The van der Waals surface area contributed by atoms with Gasteiger partial charge in [-0.2, -0.15) is 0 Å². The molecule has 1 aliphatic carbocycles. The van der Waals surface area contributed by atoms with Gasteiger partial charge in [-0.3, -0.25) is 0 Å². The van der Waals surface area contributed by atoms with E-state index in [9.17, 15) is 4.39 Å². The monoisotopic (exact) mass is 176 g/mol. The number of halogens is 1. The lowest BCUT2D eigenvalue weighted by Gasteiger charge is -2.04. The molecule has 1 aromatic rings. The number of rotatable bonds is 1. The lowest BCUT2D eigenvalue weighted by molar-refractivity contribution is 0.623. The average Bonchev–Trinajstić information content (AvgIpc) is 2.61. The predicted molar refractivity (Wildman–Crippen MR) is 53.0 cm³/mol. The number of allylic oxidation sites excluding steroid dienone is 2. The number of hydrogen-bond donors (Lipinski definition) is 0. The van der Waals surface area contributed by atoms with Gasteiger partial charge in [-0.25, -0.2) is 4.39 Å². The Bertz CT molecular complexity index is 350. The Kier molecular flexibility index (Phi) is 2.17. The van der Waals surface area contributed by atoms with Crippen molar-refractivity contribution in [2.45, 2.75) is 26.2 Å². The molecule has 0 radical (unpaired) electrons. The average molecular weight is 176 g/mol. The van der Waals surface area contributed by atoms with Gasteiger partial charge in [-0.05, 0) is 43.9 Å². The van der Waals surface area contributed by atoms with Crippen molar-refractivity contribution in [1.82, 2.24) is 0 Å². The van der Waals surface area contributed by atoms with E-state index in [0.717, 1.165) is 24.0 Å². The van der Waals surface area contributed by atoms with Gasteiger partial charge in [0.1, 0.15) is 5.82 Å². The lowest BCUT2D eigenvalue weighted by atomic mass is 10.0. The van der Waals surface area contributed by atoms with Crippen molar-refractivity contribution in [2.24, 2.45) is 0 Å². The molecule has 1 heteroatoms. The van der Waals surface area contributed by atoms with E-state index in [1.54, 1.807) is 6.07 Å². The first kappa shape index (κ1) is 8.49. The van der Waals surface area contributed by atoms with E-state index >= 15 is 0 Å². The molecular weight excluding hydrogens is 163 g/mol. The van der Waals surface area contributed by atoms with E-state index in [2.05, 4.69) is 6.08 Å². The van der Waals surface area contributed by atoms with Gasteiger partial charge in [0.05, 0.1) is 0 Å². The predicted octanol–water partition coefficient (Wildman–Crippen LogP) is 3.70. The van der Waals surface area contributed by atoms with Crippen LogP contribution in [0.25, 0.3) is 5.57 Å². The molecule has 13 heavy (non-hydrogen) atoms. The highest BCUT2D eigenvalue weighted by molar-refractivity contribution is 5.68. The van der Waals surface area contributed by atoms with E-state index < -0.39 is 0 Å². The Morgan fingerprint density at radius 2 is 2.15 bits per heavy atom. The largest absolute Gasteiger partial charge is 0.206 e. The molecule has 0 nitrogen and oxygen atoms in total. The smallest absolute Gasteiger partial charge is 0.130 e. The maximum absolute atomic E-state index is 13.4. The van der Waals surface area contributed by atoms with E-state index in [-0.39, 0.29) is 5.82 Å². The zero-order chi connectivity index (χ0) is 9.26. The topological polar surface area (TPSA) is 0 Å². The molecule has 2 rings (SSSR count). The minimum Gasteiger partial charge on any atom is -0.206 e. The fourth-order valence-electron chi connectivity index (χ4n) is 1.80.